The number of urea groups is 1. The Kier molecular flexibility index (Phi) is 8.43. The first-order valence-electron chi connectivity index (χ1n) is 10.4. The monoisotopic (exact) mass is 488 g/mol. The minimum atomic E-state index is -3.50. The van der Waals surface area contributed by atoms with E-state index in [2.05, 4.69) is 5.32 Å². The number of nitrogens with one attached hydrogen (secondary N) is 2. The van der Waals surface area contributed by atoms with Crippen molar-refractivity contribution in [3.63, 3.8) is 0 Å². The topological polar surface area (TPSA) is 155 Å². The van der Waals surface area contributed by atoms with Crippen LogP contribution in [0.4, 0.5) is 10.5 Å². The van der Waals surface area contributed by atoms with Gasteiger partial charge in [0, 0.05) is 37.1 Å². The number of carbonyl (C=O) groups is 1. The van der Waals surface area contributed by atoms with Crippen LogP contribution in [0.5, 0.6) is 5.75 Å². The zero-order chi connectivity index (χ0) is 25.8. The lowest BCUT2D eigenvalue weighted by atomic mass is 10.0. The third-order valence-corrected chi connectivity index (χ3v) is 6.55. The van der Waals surface area contributed by atoms with Crippen molar-refractivity contribution in [2.24, 2.45) is 11.7 Å². The summed E-state index contributed by atoms with van der Waals surface area (Å²) < 4.78 is 30.0. The number of ether oxygens (including phenoxy) is 1. The molecule has 2 rings (SSSR count). The largest absolute Gasteiger partial charge is 0.489 e. The van der Waals surface area contributed by atoms with Crippen LogP contribution in [0.1, 0.15) is 29.2 Å². The molecule has 0 aromatic heterocycles. The summed E-state index contributed by atoms with van der Waals surface area (Å²) in [6.45, 7) is 5.46. The van der Waals surface area contributed by atoms with E-state index in [4.69, 9.17) is 21.8 Å². The number of aryl methyl sites for hydroxylation is 2. The molecule has 0 unspecified atom stereocenters. The molecule has 0 aliphatic heterocycles. The number of hydrazine groups is 2. The van der Waals surface area contributed by atoms with Gasteiger partial charge in [-0.25, -0.2) is 29.9 Å². The van der Waals surface area contributed by atoms with E-state index in [1.165, 1.54) is 14.1 Å². The van der Waals surface area contributed by atoms with Gasteiger partial charge in [-0.3, -0.25) is 10.4 Å². The predicted octanol–water partition coefficient (Wildman–Crippen LogP) is 2.35. The Bertz CT molecular complexity index is 1240. The Hall–Kier alpha value is -3.41. The molecule has 2 amide bonds. The van der Waals surface area contributed by atoms with Gasteiger partial charge in [-0.15, -0.1) is 0 Å². The Morgan fingerprint density at radius 3 is 2.32 bits per heavy atom. The molecule has 0 heterocycles. The van der Waals surface area contributed by atoms with Gasteiger partial charge in [0.2, 0.25) is 0 Å². The third kappa shape index (κ3) is 5.93. The molecular formula is C23H32N6O4S. The summed E-state index contributed by atoms with van der Waals surface area (Å²) in [6, 6.07) is 9.99. The molecule has 34 heavy (non-hydrogen) atoms. The second-order valence-corrected chi connectivity index (χ2v) is 9.91. The average molecular weight is 489 g/mol. The van der Waals surface area contributed by atoms with Crippen molar-refractivity contribution in [1.29, 1.82) is 5.41 Å². The molecule has 10 nitrogen and oxygen atoms in total. The standard InChI is InChI=1S/C23H32N6O4S/c1-14-8-7-9-19(29(26)23(30)28(5)25)18(14)13-33-20-11-10-17(12-15(20)2)21(24)16(3)22(27-4)34(6,31)32/h7-12,24,27H,13,25-26H2,1-6H3/b22-16+,24-21?. The summed E-state index contributed by atoms with van der Waals surface area (Å²) in [4.78, 5) is 12.2. The number of amides is 2. The molecule has 11 heteroatoms. The number of anilines is 1. The number of sulfone groups is 1. The fourth-order valence-corrected chi connectivity index (χ4v) is 4.50. The Morgan fingerprint density at radius 1 is 1.15 bits per heavy atom. The van der Waals surface area contributed by atoms with Crippen molar-refractivity contribution >= 4 is 27.3 Å². The number of hydrogen-bond acceptors (Lipinski definition) is 8. The number of carbonyl (C=O) groups excluding carboxylic acids is 1. The van der Waals surface area contributed by atoms with Crippen molar-refractivity contribution < 1.29 is 17.9 Å². The average Bonchev–Trinajstić information content (AvgIpc) is 2.76. The van der Waals surface area contributed by atoms with Gasteiger partial charge in [0.1, 0.15) is 17.4 Å². The summed E-state index contributed by atoms with van der Waals surface area (Å²) >= 11 is 0. The molecular weight excluding hydrogens is 456 g/mol. The quantitative estimate of drug-likeness (QED) is 0.192. The zero-order valence-corrected chi connectivity index (χ0v) is 21.1. The van der Waals surface area contributed by atoms with Crippen molar-refractivity contribution in [3.8, 4) is 5.75 Å². The number of benzene rings is 2. The van der Waals surface area contributed by atoms with Gasteiger partial charge >= 0.3 is 6.03 Å². The second-order valence-electron chi connectivity index (χ2n) is 7.96. The molecule has 0 radical (unpaired) electrons. The van der Waals surface area contributed by atoms with Crippen LogP contribution in [-0.4, -0.2) is 45.5 Å². The first-order chi connectivity index (χ1) is 15.8. The van der Waals surface area contributed by atoms with Crippen LogP contribution in [0.3, 0.4) is 0 Å². The number of allylic oxidation sites excluding steroid dienone is 1. The van der Waals surface area contributed by atoms with Crippen LogP contribution in [0, 0.1) is 19.3 Å². The SMILES string of the molecule is CN/C(=C(/C)C(=N)c1ccc(OCc2c(C)cccc2N(N)C(=O)N(C)N)c(C)c1)S(C)(=O)=O. The van der Waals surface area contributed by atoms with Gasteiger partial charge in [0.25, 0.3) is 0 Å². The smallest absolute Gasteiger partial charge is 0.352 e. The molecule has 0 spiro atoms. The number of nitrogens with zero attached hydrogens (tertiary/aromatic N) is 2. The van der Waals surface area contributed by atoms with Crippen molar-refractivity contribution in [1.82, 2.24) is 10.3 Å². The summed E-state index contributed by atoms with van der Waals surface area (Å²) in [5.41, 5.74) is 3.81. The first kappa shape index (κ1) is 26.8. The fourth-order valence-electron chi connectivity index (χ4n) is 3.47. The molecule has 184 valence electrons. The van der Waals surface area contributed by atoms with Crippen LogP contribution >= 0.6 is 0 Å². The van der Waals surface area contributed by atoms with E-state index in [0.29, 0.717) is 22.6 Å². The van der Waals surface area contributed by atoms with Crippen LogP contribution in [-0.2, 0) is 16.4 Å². The highest BCUT2D eigenvalue weighted by Gasteiger charge is 2.20. The summed E-state index contributed by atoms with van der Waals surface area (Å²) in [7, 11) is -0.581. The summed E-state index contributed by atoms with van der Waals surface area (Å²) in [5.74, 6) is 12.1. The summed E-state index contributed by atoms with van der Waals surface area (Å²) in [5, 5.41) is 13.0. The zero-order valence-electron chi connectivity index (χ0n) is 20.3. The minimum Gasteiger partial charge on any atom is -0.489 e. The predicted molar refractivity (Wildman–Crippen MR) is 134 cm³/mol. The molecule has 0 bridgehead atoms. The fraction of sp³-hybridized carbons (Fsp3) is 0.304. The molecule has 0 aliphatic rings. The molecule has 0 saturated heterocycles. The molecule has 2 aromatic carbocycles. The number of nitrogens with two attached hydrogens (primary N) is 2. The first-order valence-corrected chi connectivity index (χ1v) is 12.3. The van der Waals surface area contributed by atoms with E-state index in [1.54, 1.807) is 37.3 Å². The van der Waals surface area contributed by atoms with Crippen molar-refractivity contribution in [3.05, 3.63) is 69.3 Å². The molecule has 0 fully saturated rings. The molecule has 6 N–H and O–H groups in total. The Morgan fingerprint density at radius 2 is 1.79 bits per heavy atom. The maximum absolute atomic E-state index is 12.2. The van der Waals surface area contributed by atoms with Crippen LogP contribution in [0.15, 0.2) is 47.0 Å². The lowest BCUT2D eigenvalue weighted by molar-refractivity contribution is 0.216. The van der Waals surface area contributed by atoms with Crippen LogP contribution < -0.4 is 26.7 Å². The van der Waals surface area contributed by atoms with Gasteiger partial charge in [-0.1, -0.05) is 12.1 Å². The highest BCUT2D eigenvalue weighted by Crippen LogP contribution is 2.27. The van der Waals surface area contributed by atoms with Gasteiger partial charge < -0.3 is 10.1 Å². The van der Waals surface area contributed by atoms with E-state index >= 15 is 0 Å². The van der Waals surface area contributed by atoms with E-state index in [-0.39, 0.29) is 17.3 Å². The Balaban J connectivity index is 2.32. The van der Waals surface area contributed by atoms with Gasteiger partial charge in [-0.2, -0.15) is 0 Å². The van der Waals surface area contributed by atoms with Crippen molar-refractivity contribution in [2.75, 3.05) is 25.4 Å². The van der Waals surface area contributed by atoms with Crippen LogP contribution in [0.25, 0.3) is 0 Å². The Labute approximate surface area is 200 Å². The maximum Gasteiger partial charge on any atom is 0.352 e. The lowest BCUT2D eigenvalue weighted by Crippen LogP contribution is -2.49. The van der Waals surface area contributed by atoms with Gasteiger partial charge in [-0.05, 0) is 56.2 Å². The van der Waals surface area contributed by atoms with E-state index in [0.717, 1.165) is 33.0 Å². The van der Waals surface area contributed by atoms with Crippen LogP contribution in [0.2, 0.25) is 0 Å². The van der Waals surface area contributed by atoms with E-state index in [9.17, 15) is 13.2 Å². The highest BCUT2D eigenvalue weighted by atomic mass is 32.2. The van der Waals surface area contributed by atoms with Gasteiger partial charge in [0.15, 0.2) is 9.84 Å². The highest BCUT2D eigenvalue weighted by molar-refractivity contribution is 7.94. The molecule has 2 aromatic rings. The third-order valence-electron chi connectivity index (χ3n) is 5.30. The van der Waals surface area contributed by atoms with E-state index in [1.807, 2.05) is 19.9 Å². The summed E-state index contributed by atoms with van der Waals surface area (Å²) in [6.07, 6.45) is 1.10. The number of hydrogen-bond donors (Lipinski definition) is 4. The maximum atomic E-state index is 12.2. The van der Waals surface area contributed by atoms with Crippen molar-refractivity contribution in [2.45, 2.75) is 27.4 Å². The molecule has 0 aliphatic carbocycles. The lowest BCUT2D eigenvalue weighted by Gasteiger charge is -2.24. The minimum absolute atomic E-state index is 0.00609. The second kappa shape index (κ2) is 10.7. The van der Waals surface area contributed by atoms with Gasteiger partial charge in [0.05, 0.1) is 11.4 Å². The molecule has 0 saturated carbocycles. The van der Waals surface area contributed by atoms with E-state index < -0.39 is 15.9 Å². The molecule has 0 atom stereocenters. The normalized spacial score (nSPS) is 12.0. The number of rotatable bonds is 8.